The van der Waals surface area contributed by atoms with Crippen LogP contribution in [-0.2, 0) is 17.7 Å². The molecular formula is C10H17N3O2. The zero-order chi connectivity index (χ0) is 10.5. The first-order valence-electron chi connectivity index (χ1n) is 5.42. The van der Waals surface area contributed by atoms with Crippen LogP contribution in [0.4, 0.5) is 0 Å². The summed E-state index contributed by atoms with van der Waals surface area (Å²) in [5.74, 6) is 2.00. The van der Waals surface area contributed by atoms with E-state index in [4.69, 9.17) is 9.26 Å². The van der Waals surface area contributed by atoms with Crippen molar-refractivity contribution < 1.29 is 9.26 Å². The average molecular weight is 211 g/mol. The molecule has 1 aromatic rings. The number of nitrogens with one attached hydrogen (secondary N) is 1. The Morgan fingerprint density at radius 3 is 3.20 bits per heavy atom. The van der Waals surface area contributed by atoms with Crippen LogP contribution in [0, 0.1) is 5.92 Å². The van der Waals surface area contributed by atoms with E-state index in [0.717, 1.165) is 37.8 Å². The van der Waals surface area contributed by atoms with Gasteiger partial charge in [0.05, 0.1) is 6.54 Å². The van der Waals surface area contributed by atoms with Gasteiger partial charge < -0.3 is 14.6 Å². The Morgan fingerprint density at radius 2 is 2.47 bits per heavy atom. The van der Waals surface area contributed by atoms with E-state index >= 15 is 0 Å². The molecule has 2 rings (SSSR count). The Bertz CT molecular complexity index is 295. The Morgan fingerprint density at radius 1 is 1.53 bits per heavy atom. The second-order valence-electron chi connectivity index (χ2n) is 3.92. The summed E-state index contributed by atoms with van der Waals surface area (Å²) in [5.41, 5.74) is 0. The normalized spacial score (nSPS) is 21.8. The summed E-state index contributed by atoms with van der Waals surface area (Å²) in [4.78, 5) is 4.30. The molecule has 5 heteroatoms. The summed E-state index contributed by atoms with van der Waals surface area (Å²) in [6.07, 6.45) is 3.18. The number of aromatic nitrogens is 2. The minimum Gasteiger partial charge on any atom is -0.381 e. The third-order valence-electron chi connectivity index (χ3n) is 2.56. The number of ether oxygens (including phenoxy) is 1. The summed E-state index contributed by atoms with van der Waals surface area (Å²) in [7, 11) is 1.87. The highest BCUT2D eigenvalue weighted by atomic mass is 16.5. The number of rotatable bonds is 4. The van der Waals surface area contributed by atoms with Crippen molar-refractivity contribution in [3.8, 4) is 0 Å². The van der Waals surface area contributed by atoms with Gasteiger partial charge in [-0.25, -0.2) is 0 Å². The van der Waals surface area contributed by atoms with Crippen LogP contribution in [0.3, 0.4) is 0 Å². The van der Waals surface area contributed by atoms with Crippen LogP contribution in [-0.4, -0.2) is 30.4 Å². The number of hydrogen-bond donors (Lipinski definition) is 1. The van der Waals surface area contributed by atoms with Crippen LogP contribution in [0.15, 0.2) is 4.52 Å². The first-order valence-corrected chi connectivity index (χ1v) is 5.42. The Kier molecular flexibility index (Phi) is 3.69. The second-order valence-corrected chi connectivity index (χ2v) is 3.92. The van der Waals surface area contributed by atoms with E-state index in [-0.39, 0.29) is 0 Å². The van der Waals surface area contributed by atoms with Crippen LogP contribution >= 0.6 is 0 Å². The zero-order valence-corrected chi connectivity index (χ0v) is 9.03. The lowest BCUT2D eigenvalue weighted by Gasteiger charge is -2.20. The quantitative estimate of drug-likeness (QED) is 0.796. The lowest BCUT2D eigenvalue weighted by atomic mass is 9.99. The molecule has 1 aliphatic rings. The van der Waals surface area contributed by atoms with Gasteiger partial charge >= 0.3 is 0 Å². The van der Waals surface area contributed by atoms with Crippen molar-refractivity contribution in [1.29, 1.82) is 0 Å². The molecule has 0 aromatic carbocycles. The fourth-order valence-electron chi connectivity index (χ4n) is 1.82. The molecule has 0 aliphatic carbocycles. The van der Waals surface area contributed by atoms with Crippen LogP contribution in [0.1, 0.15) is 24.6 Å². The maximum atomic E-state index is 5.41. The smallest absolute Gasteiger partial charge is 0.227 e. The van der Waals surface area contributed by atoms with Gasteiger partial charge in [0, 0.05) is 19.6 Å². The molecule has 1 unspecified atom stereocenters. The maximum Gasteiger partial charge on any atom is 0.227 e. The summed E-state index contributed by atoms with van der Waals surface area (Å²) in [6.45, 7) is 2.37. The van der Waals surface area contributed by atoms with Gasteiger partial charge in [-0.15, -0.1) is 0 Å². The molecule has 0 bridgehead atoms. The number of nitrogens with zero attached hydrogens (tertiary/aromatic N) is 2. The first kappa shape index (κ1) is 10.6. The first-order chi connectivity index (χ1) is 7.38. The average Bonchev–Trinajstić information content (AvgIpc) is 2.68. The highest BCUT2D eigenvalue weighted by Gasteiger charge is 2.17. The van der Waals surface area contributed by atoms with Crippen LogP contribution < -0.4 is 5.32 Å². The predicted octanol–water partition coefficient (Wildman–Crippen LogP) is 0.758. The van der Waals surface area contributed by atoms with Crippen molar-refractivity contribution in [3.63, 3.8) is 0 Å². The van der Waals surface area contributed by atoms with Gasteiger partial charge in [0.1, 0.15) is 0 Å². The predicted molar refractivity (Wildman–Crippen MR) is 54.3 cm³/mol. The maximum absolute atomic E-state index is 5.41. The topological polar surface area (TPSA) is 60.2 Å². The Balaban J connectivity index is 1.86. The minimum absolute atomic E-state index is 0.543. The SMILES string of the molecule is CNCc1noc(CC2CCCOC2)n1. The van der Waals surface area contributed by atoms with E-state index < -0.39 is 0 Å². The molecule has 0 spiro atoms. The van der Waals surface area contributed by atoms with Gasteiger partial charge in [-0.2, -0.15) is 4.98 Å². The largest absolute Gasteiger partial charge is 0.381 e. The van der Waals surface area contributed by atoms with Gasteiger partial charge in [-0.1, -0.05) is 5.16 Å². The second kappa shape index (κ2) is 5.23. The monoisotopic (exact) mass is 211 g/mol. The lowest BCUT2D eigenvalue weighted by molar-refractivity contribution is 0.0520. The van der Waals surface area contributed by atoms with Gasteiger partial charge in [-0.05, 0) is 25.8 Å². The molecular weight excluding hydrogens is 194 g/mol. The molecule has 1 N–H and O–H groups in total. The summed E-state index contributed by atoms with van der Waals surface area (Å²) in [5, 5.41) is 6.87. The van der Waals surface area contributed by atoms with E-state index in [2.05, 4.69) is 15.5 Å². The van der Waals surface area contributed by atoms with Gasteiger partial charge in [0.15, 0.2) is 5.82 Å². The molecule has 0 saturated carbocycles. The molecule has 1 aromatic heterocycles. The molecule has 0 amide bonds. The minimum atomic E-state index is 0.543. The van der Waals surface area contributed by atoms with Crippen molar-refractivity contribution in [2.75, 3.05) is 20.3 Å². The highest BCUT2D eigenvalue weighted by molar-refractivity contribution is 4.87. The van der Waals surface area contributed by atoms with E-state index in [1.807, 2.05) is 7.05 Å². The standard InChI is InChI=1S/C10H17N3O2/c1-11-6-9-12-10(15-13-9)5-8-3-2-4-14-7-8/h8,11H,2-7H2,1H3. The molecule has 1 saturated heterocycles. The third-order valence-corrected chi connectivity index (χ3v) is 2.56. The molecule has 0 radical (unpaired) electrons. The highest BCUT2D eigenvalue weighted by Crippen LogP contribution is 2.17. The fraction of sp³-hybridized carbons (Fsp3) is 0.800. The van der Waals surface area contributed by atoms with E-state index in [1.54, 1.807) is 0 Å². The van der Waals surface area contributed by atoms with Crippen molar-refractivity contribution in [1.82, 2.24) is 15.5 Å². The lowest BCUT2D eigenvalue weighted by Crippen LogP contribution is -2.19. The van der Waals surface area contributed by atoms with E-state index in [1.165, 1.54) is 6.42 Å². The van der Waals surface area contributed by atoms with Gasteiger partial charge in [0.25, 0.3) is 0 Å². The summed E-state index contributed by atoms with van der Waals surface area (Å²) in [6, 6.07) is 0. The van der Waals surface area contributed by atoms with Gasteiger partial charge in [0.2, 0.25) is 5.89 Å². The van der Waals surface area contributed by atoms with E-state index in [0.29, 0.717) is 12.5 Å². The van der Waals surface area contributed by atoms with Crippen LogP contribution in [0.2, 0.25) is 0 Å². The molecule has 2 heterocycles. The Hall–Kier alpha value is -0.940. The summed E-state index contributed by atoms with van der Waals surface area (Å²) < 4.78 is 10.6. The number of hydrogen-bond acceptors (Lipinski definition) is 5. The van der Waals surface area contributed by atoms with Crippen molar-refractivity contribution >= 4 is 0 Å². The van der Waals surface area contributed by atoms with Crippen molar-refractivity contribution in [3.05, 3.63) is 11.7 Å². The molecule has 84 valence electrons. The third kappa shape index (κ3) is 3.00. The molecule has 15 heavy (non-hydrogen) atoms. The van der Waals surface area contributed by atoms with E-state index in [9.17, 15) is 0 Å². The summed E-state index contributed by atoms with van der Waals surface area (Å²) >= 11 is 0. The Labute approximate surface area is 89.2 Å². The van der Waals surface area contributed by atoms with Crippen LogP contribution in [0.25, 0.3) is 0 Å². The van der Waals surface area contributed by atoms with Gasteiger partial charge in [-0.3, -0.25) is 0 Å². The zero-order valence-electron chi connectivity index (χ0n) is 9.03. The molecule has 1 fully saturated rings. The molecule has 5 nitrogen and oxygen atoms in total. The van der Waals surface area contributed by atoms with Crippen molar-refractivity contribution in [2.24, 2.45) is 5.92 Å². The van der Waals surface area contributed by atoms with Crippen molar-refractivity contribution in [2.45, 2.75) is 25.8 Å². The molecule has 1 aliphatic heterocycles. The van der Waals surface area contributed by atoms with Crippen LogP contribution in [0.5, 0.6) is 0 Å². The molecule has 1 atom stereocenters. The fourth-order valence-corrected chi connectivity index (χ4v) is 1.82.